The number of hydrogen-bond donors (Lipinski definition) is 2. The van der Waals surface area contributed by atoms with E-state index in [4.69, 9.17) is 5.73 Å². The Balaban J connectivity index is 2.62. The number of unbranched alkanes of at least 4 members (excludes halogenated alkanes) is 1. The lowest BCUT2D eigenvalue weighted by Crippen LogP contribution is -2.31. The molecule has 2 nitrogen and oxygen atoms in total. The van der Waals surface area contributed by atoms with E-state index in [1.54, 1.807) is 0 Å². The highest BCUT2D eigenvalue weighted by Crippen LogP contribution is 2.26. The van der Waals surface area contributed by atoms with Crippen molar-refractivity contribution in [2.45, 2.75) is 45.3 Å². The van der Waals surface area contributed by atoms with Crippen molar-refractivity contribution in [2.24, 2.45) is 5.73 Å². The monoisotopic (exact) mass is 181 g/mol. The van der Waals surface area contributed by atoms with Gasteiger partial charge in [-0.05, 0) is 25.3 Å². The maximum atomic E-state index is 9.49. The van der Waals surface area contributed by atoms with Gasteiger partial charge in [-0.3, -0.25) is 0 Å². The second kappa shape index (κ2) is 4.58. The molecule has 2 heteroatoms. The Morgan fingerprint density at radius 2 is 2.31 bits per heavy atom. The zero-order valence-electron chi connectivity index (χ0n) is 8.46. The van der Waals surface area contributed by atoms with Crippen molar-refractivity contribution in [1.29, 1.82) is 0 Å². The van der Waals surface area contributed by atoms with E-state index in [2.05, 4.69) is 19.1 Å². The second-order valence-electron chi connectivity index (χ2n) is 3.72. The van der Waals surface area contributed by atoms with Crippen LogP contribution in [-0.2, 0) is 0 Å². The van der Waals surface area contributed by atoms with Gasteiger partial charge in [0.15, 0.2) is 0 Å². The molecule has 1 aliphatic rings. The number of aliphatic hydroxyl groups excluding tert-OH is 1. The Kier molecular flexibility index (Phi) is 3.70. The highest BCUT2D eigenvalue weighted by molar-refractivity contribution is 5.35. The summed E-state index contributed by atoms with van der Waals surface area (Å²) < 4.78 is 0. The third-order valence-corrected chi connectivity index (χ3v) is 2.53. The van der Waals surface area contributed by atoms with Gasteiger partial charge in [0, 0.05) is 0 Å². The zero-order chi connectivity index (χ0) is 9.84. The lowest BCUT2D eigenvalue weighted by molar-refractivity contribution is 0.169. The van der Waals surface area contributed by atoms with Gasteiger partial charge in [0.05, 0.1) is 12.1 Å². The first-order chi connectivity index (χ1) is 6.16. The molecule has 0 saturated carbocycles. The van der Waals surface area contributed by atoms with E-state index in [1.807, 2.05) is 6.92 Å². The number of rotatable bonds is 3. The van der Waals surface area contributed by atoms with Crippen molar-refractivity contribution >= 4 is 0 Å². The van der Waals surface area contributed by atoms with E-state index < -0.39 is 0 Å². The minimum atomic E-state index is -0.374. The molecular weight excluding hydrogens is 162 g/mol. The van der Waals surface area contributed by atoms with Crippen LogP contribution in [-0.4, -0.2) is 17.3 Å². The van der Waals surface area contributed by atoms with Crippen molar-refractivity contribution < 1.29 is 5.11 Å². The Hall–Kier alpha value is -0.600. The van der Waals surface area contributed by atoms with Crippen LogP contribution in [0.4, 0.5) is 0 Å². The van der Waals surface area contributed by atoms with Crippen molar-refractivity contribution in [1.82, 2.24) is 0 Å². The summed E-state index contributed by atoms with van der Waals surface area (Å²) in [6, 6.07) is -0.173. The van der Waals surface area contributed by atoms with Crippen LogP contribution in [0.25, 0.3) is 0 Å². The van der Waals surface area contributed by atoms with Crippen molar-refractivity contribution in [2.75, 3.05) is 0 Å². The smallest absolute Gasteiger partial charge is 0.0769 e. The SMILES string of the molecule is CCC/C=C\C1=C(C)CC(O)C1N. The predicted molar refractivity (Wildman–Crippen MR) is 55.3 cm³/mol. The molecule has 0 fully saturated rings. The summed E-state index contributed by atoms with van der Waals surface area (Å²) in [5.74, 6) is 0. The van der Waals surface area contributed by atoms with Gasteiger partial charge < -0.3 is 10.8 Å². The van der Waals surface area contributed by atoms with Crippen LogP contribution >= 0.6 is 0 Å². The van der Waals surface area contributed by atoms with E-state index in [0.29, 0.717) is 0 Å². The maximum Gasteiger partial charge on any atom is 0.0769 e. The largest absolute Gasteiger partial charge is 0.391 e. The van der Waals surface area contributed by atoms with E-state index in [9.17, 15) is 5.11 Å². The average molecular weight is 181 g/mol. The standard InChI is InChI=1S/C11H19NO/c1-3-4-5-6-9-8(2)7-10(13)11(9)12/h5-6,10-11,13H,3-4,7,12H2,1-2H3/b6-5-. The molecule has 74 valence electrons. The van der Waals surface area contributed by atoms with Crippen LogP contribution in [0.5, 0.6) is 0 Å². The quantitative estimate of drug-likeness (QED) is 0.696. The third-order valence-electron chi connectivity index (χ3n) is 2.53. The van der Waals surface area contributed by atoms with Gasteiger partial charge in [0.2, 0.25) is 0 Å². The fraction of sp³-hybridized carbons (Fsp3) is 0.636. The normalized spacial score (nSPS) is 29.2. The summed E-state index contributed by atoms with van der Waals surface area (Å²) in [5, 5.41) is 9.49. The Morgan fingerprint density at radius 3 is 2.77 bits per heavy atom. The lowest BCUT2D eigenvalue weighted by atomic mass is 10.1. The first-order valence-corrected chi connectivity index (χ1v) is 4.96. The molecule has 0 amide bonds. The van der Waals surface area contributed by atoms with Crippen LogP contribution in [0.2, 0.25) is 0 Å². The van der Waals surface area contributed by atoms with Gasteiger partial charge in [-0.1, -0.05) is 31.1 Å². The Morgan fingerprint density at radius 1 is 1.62 bits per heavy atom. The summed E-state index contributed by atoms with van der Waals surface area (Å²) in [7, 11) is 0. The fourth-order valence-corrected chi connectivity index (χ4v) is 1.68. The summed E-state index contributed by atoms with van der Waals surface area (Å²) in [5.41, 5.74) is 8.19. The fourth-order valence-electron chi connectivity index (χ4n) is 1.68. The molecule has 0 saturated heterocycles. The Bertz CT molecular complexity index is 230. The van der Waals surface area contributed by atoms with Gasteiger partial charge in [0.25, 0.3) is 0 Å². The minimum absolute atomic E-state index is 0.173. The molecule has 2 unspecified atom stereocenters. The van der Waals surface area contributed by atoms with E-state index >= 15 is 0 Å². The van der Waals surface area contributed by atoms with E-state index in [1.165, 1.54) is 5.57 Å². The molecule has 3 N–H and O–H groups in total. The second-order valence-corrected chi connectivity index (χ2v) is 3.72. The van der Waals surface area contributed by atoms with E-state index in [-0.39, 0.29) is 12.1 Å². The van der Waals surface area contributed by atoms with Gasteiger partial charge in [0.1, 0.15) is 0 Å². The van der Waals surface area contributed by atoms with Crippen LogP contribution < -0.4 is 5.73 Å². The number of nitrogens with two attached hydrogens (primary N) is 1. The first kappa shape index (κ1) is 10.5. The molecule has 0 heterocycles. The van der Waals surface area contributed by atoms with Crippen LogP contribution in [0.3, 0.4) is 0 Å². The van der Waals surface area contributed by atoms with Crippen molar-refractivity contribution in [3.05, 3.63) is 23.3 Å². The first-order valence-electron chi connectivity index (χ1n) is 4.96. The molecule has 0 radical (unpaired) electrons. The molecule has 0 aromatic rings. The van der Waals surface area contributed by atoms with Crippen molar-refractivity contribution in [3.63, 3.8) is 0 Å². The molecule has 13 heavy (non-hydrogen) atoms. The van der Waals surface area contributed by atoms with Crippen molar-refractivity contribution in [3.8, 4) is 0 Å². The van der Waals surface area contributed by atoms with Gasteiger partial charge >= 0.3 is 0 Å². The highest BCUT2D eigenvalue weighted by Gasteiger charge is 2.26. The van der Waals surface area contributed by atoms with Crippen LogP contribution in [0.15, 0.2) is 23.3 Å². The summed E-state index contributed by atoms with van der Waals surface area (Å²) >= 11 is 0. The maximum absolute atomic E-state index is 9.49. The summed E-state index contributed by atoms with van der Waals surface area (Å²) in [6.45, 7) is 4.19. The number of aliphatic hydroxyl groups is 1. The molecule has 0 aromatic carbocycles. The molecule has 0 bridgehead atoms. The van der Waals surface area contributed by atoms with Gasteiger partial charge in [-0.2, -0.15) is 0 Å². The molecule has 0 aromatic heterocycles. The summed E-state index contributed by atoms with van der Waals surface area (Å²) in [6.07, 6.45) is 6.80. The highest BCUT2D eigenvalue weighted by atomic mass is 16.3. The average Bonchev–Trinajstić information content (AvgIpc) is 2.32. The van der Waals surface area contributed by atoms with Crippen LogP contribution in [0.1, 0.15) is 33.1 Å². The molecule has 1 aliphatic carbocycles. The zero-order valence-corrected chi connectivity index (χ0v) is 8.46. The molecule has 1 rings (SSSR count). The number of allylic oxidation sites excluding steroid dienone is 1. The molecular formula is C11H19NO. The summed E-state index contributed by atoms with van der Waals surface area (Å²) in [4.78, 5) is 0. The molecule has 2 atom stereocenters. The lowest BCUT2D eigenvalue weighted by Gasteiger charge is -2.10. The van der Waals surface area contributed by atoms with E-state index in [0.717, 1.165) is 24.8 Å². The predicted octanol–water partition coefficient (Wildman–Crippen LogP) is 1.75. The van der Waals surface area contributed by atoms with Gasteiger partial charge in [-0.25, -0.2) is 0 Å². The van der Waals surface area contributed by atoms with Crippen LogP contribution in [0, 0.1) is 0 Å². The number of hydrogen-bond acceptors (Lipinski definition) is 2. The van der Waals surface area contributed by atoms with Gasteiger partial charge in [-0.15, -0.1) is 0 Å². The molecule has 0 spiro atoms. The third kappa shape index (κ3) is 2.42. The Labute approximate surface area is 80.1 Å². The topological polar surface area (TPSA) is 46.2 Å². The molecule has 0 aliphatic heterocycles. The minimum Gasteiger partial charge on any atom is -0.391 e.